The molecule has 1 heterocycles. The third kappa shape index (κ3) is 3.24. The maximum atomic E-state index is 12.4. The summed E-state index contributed by atoms with van der Waals surface area (Å²) in [6, 6.07) is 4.80. The Morgan fingerprint density at radius 3 is 2.60 bits per heavy atom. The highest BCUT2D eigenvalue weighted by Crippen LogP contribution is 2.32. The van der Waals surface area contributed by atoms with Crippen LogP contribution in [0.15, 0.2) is 23.1 Å². The Labute approximate surface area is 120 Å². The number of ether oxygens (including phenoxy) is 2. The summed E-state index contributed by atoms with van der Waals surface area (Å²) in [6.07, 6.45) is 2.61. The Balaban J connectivity index is 2.26. The summed E-state index contributed by atoms with van der Waals surface area (Å²) < 4.78 is 37.3. The summed E-state index contributed by atoms with van der Waals surface area (Å²) in [5.74, 6) is 1.12. The molecule has 0 aliphatic carbocycles. The van der Waals surface area contributed by atoms with Gasteiger partial charge in [0.15, 0.2) is 11.5 Å². The Kier molecular flexibility index (Phi) is 4.88. The molecule has 0 radical (unpaired) electrons. The van der Waals surface area contributed by atoms with E-state index in [2.05, 4.69) is 0 Å². The summed E-state index contributed by atoms with van der Waals surface area (Å²) in [5.41, 5.74) is 0. The van der Waals surface area contributed by atoms with E-state index in [1.54, 1.807) is 25.2 Å². The van der Waals surface area contributed by atoms with Crippen LogP contribution in [0.25, 0.3) is 0 Å². The Morgan fingerprint density at radius 2 is 1.90 bits per heavy atom. The molecule has 1 aliphatic rings. The van der Waals surface area contributed by atoms with E-state index in [9.17, 15) is 8.42 Å². The first kappa shape index (κ1) is 15.1. The fourth-order valence-corrected chi connectivity index (χ4v) is 3.21. The molecule has 1 aromatic rings. The van der Waals surface area contributed by atoms with Gasteiger partial charge in [0, 0.05) is 26.1 Å². The van der Waals surface area contributed by atoms with Crippen molar-refractivity contribution in [2.24, 2.45) is 0 Å². The van der Waals surface area contributed by atoms with E-state index in [-0.39, 0.29) is 4.90 Å². The van der Waals surface area contributed by atoms with E-state index in [1.165, 1.54) is 4.31 Å². The third-order valence-electron chi connectivity index (χ3n) is 3.25. The number of hydrogen-bond donors (Lipinski definition) is 0. The molecular weight excluding hydrogens is 278 g/mol. The number of rotatable bonds is 5. The van der Waals surface area contributed by atoms with Crippen molar-refractivity contribution in [2.45, 2.75) is 31.1 Å². The smallest absolute Gasteiger partial charge is 0.242 e. The van der Waals surface area contributed by atoms with Crippen LogP contribution in [0.4, 0.5) is 0 Å². The minimum atomic E-state index is -3.46. The van der Waals surface area contributed by atoms with Crippen LogP contribution >= 0.6 is 0 Å². The predicted octanol–water partition coefficient (Wildman–Crippen LogP) is 2.27. The van der Waals surface area contributed by atoms with E-state index in [4.69, 9.17) is 9.47 Å². The molecule has 0 atom stereocenters. The summed E-state index contributed by atoms with van der Waals surface area (Å²) in [7, 11) is -1.85. The first-order chi connectivity index (χ1) is 9.55. The molecule has 0 aromatic heterocycles. The van der Waals surface area contributed by atoms with Crippen molar-refractivity contribution in [3.63, 3.8) is 0 Å². The van der Waals surface area contributed by atoms with Crippen molar-refractivity contribution >= 4 is 10.0 Å². The van der Waals surface area contributed by atoms with Crippen molar-refractivity contribution in [3.8, 4) is 11.5 Å². The van der Waals surface area contributed by atoms with Crippen LogP contribution < -0.4 is 9.47 Å². The van der Waals surface area contributed by atoms with Crippen LogP contribution in [-0.4, -0.2) is 39.5 Å². The molecule has 0 spiro atoms. The fraction of sp³-hybridized carbons (Fsp3) is 0.571. The second kappa shape index (κ2) is 6.45. The molecule has 1 aromatic carbocycles. The van der Waals surface area contributed by atoms with Gasteiger partial charge < -0.3 is 9.47 Å². The van der Waals surface area contributed by atoms with Crippen molar-refractivity contribution in [3.05, 3.63) is 18.2 Å². The average Bonchev–Trinajstić information content (AvgIpc) is 2.68. The molecule has 0 N–H and O–H groups in total. The second-order valence-corrected chi connectivity index (χ2v) is 6.88. The van der Waals surface area contributed by atoms with E-state index >= 15 is 0 Å². The molecule has 0 amide bonds. The van der Waals surface area contributed by atoms with Gasteiger partial charge in [0.25, 0.3) is 0 Å². The van der Waals surface area contributed by atoms with Gasteiger partial charge in [-0.1, -0.05) is 13.3 Å². The Hall–Kier alpha value is -1.27. The van der Waals surface area contributed by atoms with E-state index in [1.807, 2.05) is 6.92 Å². The standard InChI is InChI=1S/C14H21NO4S/c1-3-4-8-15(2)20(16,17)12-6-7-13-14(11-12)19-10-5-9-18-13/h6-7,11H,3-5,8-10H2,1-2H3. The first-order valence-electron chi connectivity index (χ1n) is 6.91. The van der Waals surface area contributed by atoms with Gasteiger partial charge in [-0.3, -0.25) is 0 Å². The lowest BCUT2D eigenvalue weighted by molar-refractivity contribution is 0.297. The Morgan fingerprint density at radius 1 is 1.20 bits per heavy atom. The molecule has 5 nitrogen and oxygen atoms in total. The zero-order valence-electron chi connectivity index (χ0n) is 12.0. The highest BCUT2D eigenvalue weighted by Gasteiger charge is 2.22. The van der Waals surface area contributed by atoms with Crippen LogP contribution in [0, 0.1) is 0 Å². The lowest BCUT2D eigenvalue weighted by Gasteiger charge is -2.17. The molecule has 20 heavy (non-hydrogen) atoms. The van der Waals surface area contributed by atoms with Crippen molar-refractivity contribution in [2.75, 3.05) is 26.8 Å². The minimum Gasteiger partial charge on any atom is -0.490 e. The number of sulfonamides is 1. The van der Waals surface area contributed by atoms with Crippen LogP contribution in [0.2, 0.25) is 0 Å². The first-order valence-corrected chi connectivity index (χ1v) is 8.35. The molecule has 0 bridgehead atoms. The van der Waals surface area contributed by atoms with Gasteiger partial charge in [-0.05, 0) is 18.6 Å². The summed E-state index contributed by atoms with van der Waals surface area (Å²) in [6.45, 7) is 3.69. The normalized spacial score (nSPS) is 15.2. The summed E-state index contributed by atoms with van der Waals surface area (Å²) >= 11 is 0. The predicted molar refractivity (Wildman–Crippen MR) is 76.8 cm³/mol. The van der Waals surface area contributed by atoms with Gasteiger partial charge >= 0.3 is 0 Å². The number of nitrogens with zero attached hydrogens (tertiary/aromatic N) is 1. The second-order valence-electron chi connectivity index (χ2n) is 4.84. The zero-order chi connectivity index (χ0) is 14.6. The van der Waals surface area contributed by atoms with Gasteiger partial charge in [-0.25, -0.2) is 12.7 Å². The number of fused-ring (bicyclic) bond motifs is 1. The maximum Gasteiger partial charge on any atom is 0.242 e. The molecule has 0 saturated carbocycles. The topological polar surface area (TPSA) is 55.8 Å². The van der Waals surface area contributed by atoms with E-state index < -0.39 is 10.0 Å². The Bertz CT molecular complexity index is 556. The van der Waals surface area contributed by atoms with Gasteiger partial charge in [-0.15, -0.1) is 0 Å². The molecule has 112 valence electrons. The number of hydrogen-bond acceptors (Lipinski definition) is 4. The van der Waals surface area contributed by atoms with Crippen LogP contribution in [-0.2, 0) is 10.0 Å². The molecular formula is C14H21NO4S. The average molecular weight is 299 g/mol. The number of unbranched alkanes of at least 4 members (excludes halogenated alkanes) is 1. The molecule has 6 heteroatoms. The third-order valence-corrected chi connectivity index (χ3v) is 5.11. The van der Waals surface area contributed by atoms with Gasteiger partial charge in [-0.2, -0.15) is 0 Å². The monoisotopic (exact) mass is 299 g/mol. The van der Waals surface area contributed by atoms with Crippen molar-refractivity contribution in [1.82, 2.24) is 4.31 Å². The molecule has 1 aliphatic heterocycles. The van der Waals surface area contributed by atoms with Gasteiger partial charge in [0.05, 0.1) is 18.1 Å². The lowest BCUT2D eigenvalue weighted by atomic mass is 10.3. The zero-order valence-corrected chi connectivity index (χ0v) is 12.8. The molecule has 0 unspecified atom stereocenters. The highest BCUT2D eigenvalue weighted by molar-refractivity contribution is 7.89. The quantitative estimate of drug-likeness (QED) is 0.837. The van der Waals surface area contributed by atoms with Gasteiger partial charge in [0.2, 0.25) is 10.0 Å². The summed E-state index contributed by atoms with van der Waals surface area (Å²) in [5, 5.41) is 0. The van der Waals surface area contributed by atoms with Crippen molar-refractivity contribution < 1.29 is 17.9 Å². The fourth-order valence-electron chi connectivity index (χ4n) is 1.98. The number of benzene rings is 1. The van der Waals surface area contributed by atoms with E-state index in [0.29, 0.717) is 31.3 Å². The van der Waals surface area contributed by atoms with Crippen LogP contribution in [0.3, 0.4) is 0 Å². The maximum absolute atomic E-state index is 12.4. The van der Waals surface area contributed by atoms with Crippen molar-refractivity contribution in [1.29, 1.82) is 0 Å². The van der Waals surface area contributed by atoms with Gasteiger partial charge in [0.1, 0.15) is 0 Å². The molecule has 0 fully saturated rings. The molecule has 0 saturated heterocycles. The van der Waals surface area contributed by atoms with E-state index in [0.717, 1.165) is 19.3 Å². The largest absolute Gasteiger partial charge is 0.490 e. The van der Waals surface area contributed by atoms with Crippen LogP contribution in [0.5, 0.6) is 11.5 Å². The minimum absolute atomic E-state index is 0.250. The lowest BCUT2D eigenvalue weighted by Crippen LogP contribution is -2.27. The SMILES string of the molecule is CCCCN(C)S(=O)(=O)c1ccc2c(c1)OCCCO2. The molecule has 2 rings (SSSR count). The highest BCUT2D eigenvalue weighted by atomic mass is 32.2. The van der Waals surface area contributed by atoms with Crippen LogP contribution in [0.1, 0.15) is 26.2 Å². The summed E-state index contributed by atoms with van der Waals surface area (Å²) in [4.78, 5) is 0.250.